The zero-order valence-corrected chi connectivity index (χ0v) is 18.5. The molecule has 0 aliphatic carbocycles. The lowest BCUT2D eigenvalue weighted by Crippen LogP contribution is -2.33. The standard InChI is InChI=1S/C21H22ClN3O4S/c1-21(2)11-10-15-12-17(8-9-18(15)28-21)30(26,27)25(3)13-19-23-20(24-29-19)14-4-6-16(22)7-5-14/h4-9,12H,10-11,13H2,1-3H3. The van der Waals surface area contributed by atoms with Crippen molar-refractivity contribution in [3.05, 3.63) is 58.9 Å². The molecule has 2 heterocycles. The molecule has 2 aromatic carbocycles. The van der Waals surface area contributed by atoms with E-state index in [0.29, 0.717) is 10.8 Å². The minimum Gasteiger partial charge on any atom is -0.488 e. The molecule has 7 nitrogen and oxygen atoms in total. The van der Waals surface area contributed by atoms with Gasteiger partial charge in [-0.25, -0.2) is 8.42 Å². The molecule has 0 atom stereocenters. The van der Waals surface area contributed by atoms with Crippen LogP contribution < -0.4 is 4.74 Å². The normalized spacial score (nSPS) is 15.6. The molecule has 0 bridgehead atoms. The van der Waals surface area contributed by atoms with Crippen molar-refractivity contribution in [1.29, 1.82) is 0 Å². The Bertz CT molecular complexity index is 1170. The molecule has 0 unspecified atom stereocenters. The Morgan fingerprint density at radius 1 is 1.17 bits per heavy atom. The summed E-state index contributed by atoms with van der Waals surface area (Å²) in [5, 5.41) is 4.53. The van der Waals surface area contributed by atoms with Gasteiger partial charge < -0.3 is 9.26 Å². The van der Waals surface area contributed by atoms with Gasteiger partial charge >= 0.3 is 0 Å². The Morgan fingerprint density at radius 2 is 1.90 bits per heavy atom. The fraction of sp³-hybridized carbons (Fsp3) is 0.333. The van der Waals surface area contributed by atoms with Gasteiger partial charge in [0.05, 0.1) is 11.4 Å². The molecule has 1 aliphatic heterocycles. The number of fused-ring (bicyclic) bond motifs is 1. The molecule has 0 N–H and O–H groups in total. The maximum Gasteiger partial charge on any atom is 0.243 e. The number of ether oxygens (including phenoxy) is 1. The first-order chi connectivity index (χ1) is 14.1. The summed E-state index contributed by atoms with van der Waals surface area (Å²) in [5.74, 6) is 1.31. The van der Waals surface area contributed by atoms with Crippen LogP contribution in [0.1, 0.15) is 31.7 Å². The molecule has 9 heteroatoms. The third-order valence-electron chi connectivity index (χ3n) is 5.05. The second kappa shape index (κ2) is 7.68. The molecule has 4 rings (SSSR count). The Labute approximate surface area is 180 Å². The summed E-state index contributed by atoms with van der Waals surface area (Å²) >= 11 is 5.89. The molecule has 30 heavy (non-hydrogen) atoms. The van der Waals surface area contributed by atoms with E-state index in [1.54, 1.807) is 42.5 Å². The minimum atomic E-state index is -3.73. The van der Waals surface area contributed by atoms with E-state index < -0.39 is 10.0 Å². The second-order valence-electron chi connectivity index (χ2n) is 7.91. The molecule has 3 aromatic rings. The highest BCUT2D eigenvalue weighted by Crippen LogP contribution is 2.34. The van der Waals surface area contributed by atoms with Gasteiger partial charge in [-0.1, -0.05) is 16.8 Å². The first-order valence-electron chi connectivity index (χ1n) is 9.51. The lowest BCUT2D eigenvalue weighted by molar-refractivity contribution is 0.0845. The minimum absolute atomic E-state index is 0.0382. The van der Waals surface area contributed by atoms with E-state index in [0.717, 1.165) is 29.7 Å². The van der Waals surface area contributed by atoms with E-state index in [1.807, 2.05) is 13.8 Å². The van der Waals surface area contributed by atoms with Gasteiger partial charge in [-0.15, -0.1) is 0 Å². The first kappa shape index (κ1) is 20.8. The highest BCUT2D eigenvalue weighted by atomic mass is 35.5. The van der Waals surface area contributed by atoms with Crippen molar-refractivity contribution >= 4 is 21.6 Å². The third-order valence-corrected chi connectivity index (χ3v) is 7.10. The van der Waals surface area contributed by atoms with Gasteiger partial charge in [-0.05, 0) is 74.7 Å². The molecule has 0 amide bonds. The molecule has 0 fully saturated rings. The number of hydrogen-bond donors (Lipinski definition) is 0. The van der Waals surface area contributed by atoms with Crippen molar-refractivity contribution in [3.63, 3.8) is 0 Å². The van der Waals surface area contributed by atoms with Crippen LogP contribution in [0.5, 0.6) is 5.75 Å². The van der Waals surface area contributed by atoms with E-state index >= 15 is 0 Å². The smallest absolute Gasteiger partial charge is 0.243 e. The molecule has 1 aliphatic rings. The summed E-state index contributed by atoms with van der Waals surface area (Å²) in [6.45, 7) is 4.01. The number of aryl methyl sites for hydroxylation is 1. The van der Waals surface area contributed by atoms with E-state index in [2.05, 4.69) is 10.1 Å². The van der Waals surface area contributed by atoms with Crippen LogP contribution in [0.15, 0.2) is 51.9 Å². The summed E-state index contributed by atoms with van der Waals surface area (Å²) in [6.07, 6.45) is 1.60. The van der Waals surface area contributed by atoms with Gasteiger partial charge in [-0.3, -0.25) is 0 Å². The number of halogens is 1. The predicted molar refractivity (Wildman–Crippen MR) is 113 cm³/mol. The van der Waals surface area contributed by atoms with Crippen LogP contribution in [0.4, 0.5) is 0 Å². The first-order valence-corrected chi connectivity index (χ1v) is 11.3. The van der Waals surface area contributed by atoms with Gasteiger partial charge in [0.15, 0.2) is 0 Å². The van der Waals surface area contributed by atoms with Gasteiger partial charge in [0, 0.05) is 17.6 Å². The molecule has 0 saturated carbocycles. The van der Waals surface area contributed by atoms with Crippen LogP contribution in [0, 0.1) is 0 Å². The fourth-order valence-corrected chi connectivity index (χ4v) is 4.58. The lowest BCUT2D eigenvalue weighted by Gasteiger charge is -2.32. The number of sulfonamides is 1. The number of aromatic nitrogens is 2. The van der Waals surface area contributed by atoms with Gasteiger partial charge in [0.25, 0.3) is 0 Å². The molecule has 158 valence electrons. The monoisotopic (exact) mass is 447 g/mol. The fourth-order valence-electron chi connectivity index (χ4n) is 3.29. The highest BCUT2D eigenvalue weighted by Gasteiger charge is 2.29. The summed E-state index contributed by atoms with van der Waals surface area (Å²) in [6, 6.07) is 12.0. The molecule has 0 radical (unpaired) electrons. The zero-order valence-electron chi connectivity index (χ0n) is 16.9. The van der Waals surface area contributed by atoms with Gasteiger partial charge in [-0.2, -0.15) is 9.29 Å². The molecule has 0 spiro atoms. The van der Waals surface area contributed by atoms with Crippen LogP contribution in [-0.2, 0) is 23.0 Å². The van der Waals surface area contributed by atoms with Gasteiger partial charge in [0.1, 0.15) is 11.4 Å². The molecular formula is C21H22ClN3O4S. The van der Waals surface area contributed by atoms with Crippen LogP contribution in [0.3, 0.4) is 0 Å². The quantitative estimate of drug-likeness (QED) is 0.579. The van der Waals surface area contributed by atoms with E-state index in [-0.39, 0.29) is 22.9 Å². The second-order valence-corrected chi connectivity index (χ2v) is 10.4. The van der Waals surface area contributed by atoms with Crippen molar-refractivity contribution in [2.24, 2.45) is 0 Å². The van der Waals surface area contributed by atoms with E-state index in [4.69, 9.17) is 20.9 Å². The Kier molecular flexibility index (Phi) is 5.34. The van der Waals surface area contributed by atoms with Crippen LogP contribution >= 0.6 is 11.6 Å². The van der Waals surface area contributed by atoms with Crippen LogP contribution in [0.2, 0.25) is 5.02 Å². The van der Waals surface area contributed by atoms with Crippen molar-refractivity contribution in [3.8, 4) is 17.1 Å². The number of hydrogen-bond acceptors (Lipinski definition) is 6. The number of rotatable bonds is 5. The van der Waals surface area contributed by atoms with E-state index in [9.17, 15) is 8.42 Å². The Balaban J connectivity index is 1.52. The Hall–Kier alpha value is -2.42. The predicted octanol–water partition coefficient (Wildman–Crippen LogP) is 4.31. The average molecular weight is 448 g/mol. The maximum atomic E-state index is 13.0. The molecular weight excluding hydrogens is 426 g/mol. The van der Waals surface area contributed by atoms with Gasteiger partial charge in [0.2, 0.25) is 21.7 Å². The van der Waals surface area contributed by atoms with Crippen LogP contribution in [-0.4, -0.2) is 35.5 Å². The van der Waals surface area contributed by atoms with Crippen molar-refractivity contribution < 1.29 is 17.7 Å². The topological polar surface area (TPSA) is 85.5 Å². The largest absolute Gasteiger partial charge is 0.488 e. The highest BCUT2D eigenvalue weighted by molar-refractivity contribution is 7.89. The third kappa shape index (κ3) is 4.21. The van der Waals surface area contributed by atoms with Crippen molar-refractivity contribution in [1.82, 2.24) is 14.4 Å². The van der Waals surface area contributed by atoms with Crippen molar-refractivity contribution in [2.75, 3.05) is 7.05 Å². The maximum absolute atomic E-state index is 13.0. The summed E-state index contributed by atoms with van der Waals surface area (Å²) in [7, 11) is -2.24. The average Bonchev–Trinajstić information content (AvgIpc) is 3.15. The van der Waals surface area contributed by atoms with E-state index in [1.165, 1.54) is 11.4 Å². The summed E-state index contributed by atoms with van der Waals surface area (Å²) in [5.41, 5.74) is 1.38. The molecule has 1 aromatic heterocycles. The molecule has 0 saturated heterocycles. The van der Waals surface area contributed by atoms with Crippen molar-refractivity contribution in [2.45, 2.75) is 43.7 Å². The number of benzene rings is 2. The SMILES string of the molecule is CN(Cc1nc(-c2ccc(Cl)cc2)no1)S(=O)(=O)c1ccc2c(c1)CCC(C)(C)O2. The number of nitrogens with zero attached hydrogens (tertiary/aromatic N) is 3. The summed E-state index contributed by atoms with van der Waals surface area (Å²) in [4.78, 5) is 4.51. The Morgan fingerprint density at radius 3 is 2.63 bits per heavy atom. The summed E-state index contributed by atoms with van der Waals surface area (Å²) < 4.78 is 38.5. The lowest BCUT2D eigenvalue weighted by atomic mass is 9.94. The zero-order chi connectivity index (χ0) is 21.5. The van der Waals surface area contributed by atoms with Crippen LogP contribution in [0.25, 0.3) is 11.4 Å².